The van der Waals surface area contributed by atoms with E-state index in [0.29, 0.717) is 24.5 Å². The Morgan fingerprint density at radius 3 is 2.90 bits per heavy atom. The molecule has 0 radical (unpaired) electrons. The Hall–Kier alpha value is -3.74. The molecule has 1 atom stereocenters. The summed E-state index contributed by atoms with van der Waals surface area (Å²) in [4.78, 5) is 27.6. The molecule has 2 N–H and O–H groups in total. The van der Waals surface area contributed by atoms with E-state index in [1.807, 2.05) is 35.4 Å². The third-order valence-electron chi connectivity index (χ3n) is 5.75. The lowest BCUT2D eigenvalue weighted by Gasteiger charge is -2.17. The molecule has 150 valence electrons. The second kappa shape index (κ2) is 6.95. The van der Waals surface area contributed by atoms with Gasteiger partial charge in [0.1, 0.15) is 17.8 Å². The summed E-state index contributed by atoms with van der Waals surface area (Å²) in [5, 5.41) is 1.88. The highest BCUT2D eigenvalue weighted by Crippen LogP contribution is 2.36. The summed E-state index contributed by atoms with van der Waals surface area (Å²) in [5.41, 5.74) is 10.5. The van der Waals surface area contributed by atoms with Gasteiger partial charge in [-0.3, -0.25) is 9.78 Å². The van der Waals surface area contributed by atoms with Crippen LogP contribution in [0.2, 0.25) is 0 Å². The van der Waals surface area contributed by atoms with Gasteiger partial charge in [0.15, 0.2) is 0 Å². The number of carbonyl (C=O) groups excluding carboxylic acids is 1. The van der Waals surface area contributed by atoms with Crippen LogP contribution < -0.4 is 5.73 Å². The summed E-state index contributed by atoms with van der Waals surface area (Å²) in [7, 11) is 0. The van der Waals surface area contributed by atoms with Crippen LogP contribution in [-0.2, 0) is 4.79 Å². The molecule has 0 saturated carbocycles. The Bertz CT molecular complexity index is 1310. The molecule has 3 aromatic heterocycles. The van der Waals surface area contributed by atoms with Gasteiger partial charge >= 0.3 is 0 Å². The average molecular weight is 398 g/mol. The first-order chi connectivity index (χ1) is 14.5. The fourth-order valence-electron chi connectivity index (χ4n) is 4.25. The van der Waals surface area contributed by atoms with Crippen LogP contribution in [0, 0.1) is 0 Å². The molecule has 1 amide bonds. The molecule has 4 aromatic rings. The van der Waals surface area contributed by atoms with Gasteiger partial charge in [-0.15, -0.1) is 0 Å². The molecule has 0 spiro atoms. The summed E-state index contributed by atoms with van der Waals surface area (Å²) in [6.07, 6.45) is 6.27. The van der Waals surface area contributed by atoms with E-state index in [9.17, 15) is 4.79 Å². The number of nitrogens with two attached hydrogens (primary N) is 1. The standard InChI is InChI=1S/C23H22N6O/c1-14(2)23(30)28-8-7-17(11-28)29-12-18(20-21(24)26-13-27-22(20)29)16-9-15-5-3-4-6-19(15)25-10-16/h3-6,9-10,12-13,17H,1,7-8,11H2,2H3,(H2,24,26,27)/t17-/m1/s1. The zero-order chi connectivity index (χ0) is 20.8. The number of fused-ring (bicyclic) bond motifs is 2. The number of anilines is 1. The molecule has 0 bridgehead atoms. The van der Waals surface area contributed by atoms with Crippen molar-refractivity contribution in [3.63, 3.8) is 0 Å². The van der Waals surface area contributed by atoms with E-state index in [2.05, 4.69) is 38.4 Å². The maximum Gasteiger partial charge on any atom is 0.248 e. The SMILES string of the molecule is C=C(C)C(=O)N1CC[C@@H](n2cc(-c3cnc4ccccc4c3)c3c(N)ncnc32)C1. The molecule has 1 aromatic carbocycles. The molecule has 1 aliphatic rings. The molecule has 30 heavy (non-hydrogen) atoms. The summed E-state index contributed by atoms with van der Waals surface area (Å²) in [6.45, 7) is 6.85. The molecular weight excluding hydrogens is 376 g/mol. The van der Waals surface area contributed by atoms with E-state index < -0.39 is 0 Å². The van der Waals surface area contributed by atoms with Crippen molar-refractivity contribution in [2.75, 3.05) is 18.8 Å². The summed E-state index contributed by atoms with van der Waals surface area (Å²) in [5.74, 6) is 0.442. The van der Waals surface area contributed by atoms with Crippen molar-refractivity contribution < 1.29 is 4.79 Å². The second-order valence-electron chi connectivity index (χ2n) is 7.80. The minimum Gasteiger partial charge on any atom is -0.383 e. The first kappa shape index (κ1) is 18.3. The molecule has 1 fully saturated rings. The number of nitrogen functional groups attached to an aromatic ring is 1. The van der Waals surface area contributed by atoms with Crippen molar-refractivity contribution in [3.05, 3.63) is 61.2 Å². The van der Waals surface area contributed by atoms with E-state index in [1.54, 1.807) is 6.92 Å². The molecule has 1 aliphatic heterocycles. The van der Waals surface area contributed by atoms with Gasteiger partial charge in [0, 0.05) is 47.6 Å². The molecule has 0 aliphatic carbocycles. The predicted octanol–water partition coefficient (Wildman–Crippen LogP) is 3.58. The number of hydrogen-bond donors (Lipinski definition) is 1. The van der Waals surface area contributed by atoms with Crippen molar-refractivity contribution in [3.8, 4) is 11.1 Å². The molecule has 0 unspecified atom stereocenters. The van der Waals surface area contributed by atoms with Gasteiger partial charge in [0.2, 0.25) is 5.91 Å². The number of pyridine rings is 1. The summed E-state index contributed by atoms with van der Waals surface area (Å²) in [6, 6.07) is 10.2. The Morgan fingerprint density at radius 2 is 2.07 bits per heavy atom. The van der Waals surface area contributed by atoms with Crippen LogP contribution in [0.15, 0.2) is 61.2 Å². The van der Waals surface area contributed by atoms with Crippen LogP contribution in [0.4, 0.5) is 5.82 Å². The Kier molecular flexibility index (Phi) is 4.24. The fraction of sp³-hybridized carbons (Fsp3) is 0.217. The van der Waals surface area contributed by atoms with E-state index in [-0.39, 0.29) is 11.9 Å². The van der Waals surface area contributed by atoms with Crippen molar-refractivity contribution in [2.45, 2.75) is 19.4 Å². The first-order valence-corrected chi connectivity index (χ1v) is 9.94. The molecule has 5 rings (SSSR count). The maximum atomic E-state index is 12.4. The number of para-hydroxylation sites is 1. The molecule has 4 heterocycles. The average Bonchev–Trinajstić information content (AvgIpc) is 3.38. The fourth-order valence-corrected chi connectivity index (χ4v) is 4.25. The Labute approximate surface area is 173 Å². The largest absolute Gasteiger partial charge is 0.383 e. The number of nitrogens with zero attached hydrogens (tertiary/aromatic N) is 5. The quantitative estimate of drug-likeness (QED) is 0.533. The van der Waals surface area contributed by atoms with Gasteiger partial charge in [-0.25, -0.2) is 9.97 Å². The van der Waals surface area contributed by atoms with Crippen molar-refractivity contribution in [2.24, 2.45) is 0 Å². The lowest BCUT2D eigenvalue weighted by molar-refractivity contribution is -0.126. The van der Waals surface area contributed by atoms with E-state index >= 15 is 0 Å². The Balaban J connectivity index is 1.62. The van der Waals surface area contributed by atoms with E-state index in [1.165, 1.54) is 6.33 Å². The van der Waals surface area contributed by atoms with Crippen molar-refractivity contribution in [1.29, 1.82) is 0 Å². The van der Waals surface area contributed by atoms with Gasteiger partial charge in [0.25, 0.3) is 0 Å². The molecular formula is C23H22N6O. The third-order valence-corrected chi connectivity index (χ3v) is 5.75. The normalized spacial score (nSPS) is 16.4. The zero-order valence-corrected chi connectivity index (χ0v) is 16.7. The molecule has 7 heteroatoms. The topological polar surface area (TPSA) is 89.9 Å². The minimum atomic E-state index is 0.00190. The minimum absolute atomic E-state index is 0.00190. The highest BCUT2D eigenvalue weighted by atomic mass is 16.2. The van der Waals surface area contributed by atoms with Gasteiger partial charge in [0.05, 0.1) is 16.9 Å². The first-order valence-electron chi connectivity index (χ1n) is 9.94. The summed E-state index contributed by atoms with van der Waals surface area (Å²) < 4.78 is 2.13. The highest BCUT2D eigenvalue weighted by molar-refractivity contribution is 6.01. The van der Waals surface area contributed by atoms with Crippen LogP contribution in [0.25, 0.3) is 33.1 Å². The van der Waals surface area contributed by atoms with Crippen molar-refractivity contribution in [1.82, 2.24) is 24.4 Å². The van der Waals surface area contributed by atoms with Crippen LogP contribution in [0.1, 0.15) is 19.4 Å². The zero-order valence-electron chi connectivity index (χ0n) is 16.7. The van der Waals surface area contributed by atoms with E-state index in [0.717, 1.165) is 39.5 Å². The predicted molar refractivity (Wildman–Crippen MR) is 118 cm³/mol. The van der Waals surface area contributed by atoms with Crippen LogP contribution in [0.5, 0.6) is 0 Å². The maximum absolute atomic E-state index is 12.4. The number of carbonyl (C=O) groups is 1. The van der Waals surface area contributed by atoms with Crippen LogP contribution >= 0.6 is 0 Å². The van der Waals surface area contributed by atoms with Gasteiger partial charge in [-0.05, 0) is 25.5 Å². The second-order valence-corrected chi connectivity index (χ2v) is 7.80. The molecule has 7 nitrogen and oxygen atoms in total. The number of aromatic nitrogens is 4. The lowest BCUT2D eigenvalue weighted by Crippen LogP contribution is -2.29. The van der Waals surface area contributed by atoms with Gasteiger partial charge < -0.3 is 15.2 Å². The lowest BCUT2D eigenvalue weighted by atomic mass is 10.1. The monoisotopic (exact) mass is 398 g/mol. The van der Waals surface area contributed by atoms with E-state index in [4.69, 9.17) is 5.73 Å². The van der Waals surface area contributed by atoms with Gasteiger partial charge in [-0.2, -0.15) is 0 Å². The third kappa shape index (κ3) is 2.90. The number of benzene rings is 1. The number of rotatable bonds is 3. The van der Waals surface area contributed by atoms with Gasteiger partial charge in [-0.1, -0.05) is 24.8 Å². The Morgan fingerprint density at radius 1 is 1.23 bits per heavy atom. The van der Waals surface area contributed by atoms with Crippen molar-refractivity contribution >= 4 is 33.7 Å². The number of hydrogen-bond acceptors (Lipinski definition) is 5. The molecule has 1 saturated heterocycles. The highest BCUT2D eigenvalue weighted by Gasteiger charge is 2.29. The summed E-state index contributed by atoms with van der Waals surface area (Å²) >= 11 is 0. The van der Waals surface area contributed by atoms with Crippen LogP contribution in [0.3, 0.4) is 0 Å². The number of amides is 1. The number of likely N-dealkylation sites (tertiary alicyclic amines) is 1. The van der Waals surface area contributed by atoms with Crippen LogP contribution in [-0.4, -0.2) is 43.4 Å². The smallest absolute Gasteiger partial charge is 0.248 e.